The summed E-state index contributed by atoms with van der Waals surface area (Å²) in [7, 11) is 0. The van der Waals surface area contributed by atoms with Crippen LogP contribution in [0.5, 0.6) is 11.5 Å². The van der Waals surface area contributed by atoms with E-state index in [0.29, 0.717) is 29.1 Å². The number of hydrogen-bond donors (Lipinski definition) is 1. The van der Waals surface area contributed by atoms with Gasteiger partial charge >= 0.3 is 11.9 Å². The van der Waals surface area contributed by atoms with Crippen LogP contribution in [0.4, 0.5) is 0 Å². The molecular formula is C33H41NO5. The van der Waals surface area contributed by atoms with Crippen LogP contribution >= 0.6 is 0 Å². The lowest BCUT2D eigenvalue weighted by molar-refractivity contribution is -0.137. The van der Waals surface area contributed by atoms with E-state index in [1.807, 2.05) is 24.3 Å². The van der Waals surface area contributed by atoms with E-state index < -0.39 is 5.97 Å². The summed E-state index contributed by atoms with van der Waals surface area (Å²) in [5, 5.41) is 9.90. The minimum atomic E-state index is -0.507. The lowest BCUT2D eigenvalue weighted by Crippen LogP contribution is -2.38. The summed E-state index contributed by atoms with van der Waals surface area (Å²) < 4.78 is 11.3. The van der Waals surface area contributed by atoms with Crippen LogP contribution in [0.15, 0.2) is 72.8 Å². The molecule has 0 aliphatic rings. The maximum atomic E-state index is 13.2. The van der Waals surface area contributed by atoms with E-state index in [1.165, 1.54) is 0 Å². The van der Waals surface area contributed by atoms with Crippen molar-refractivity contribution in [2.24, 2.45) is 5.92 Å². The molecule has 0 spiro atoms. The number of carbonyl (C=O) groups excluding carboxylic acids is 2. The maximum Gasteiger partial charge on any atom is 0.343 e. The number of benzene rings is 3. The Bertz CT molecular complexity index is 1210. The Morgan fingerprint density at radius 1 is 0.821 bits per heavy atom. The molecule has 0 saturated carbocycles. The zero-order valence-electron chi connectivity index (χ0n) is 23.9. The van der Waals surface area contributed by atoms with Crippen molar-refractivity contribution in [2.45, 2.75) is 72.6 Å². The first-order chi connectivity index (χ1) is 18.6. The largest absolute Gasteiger partial charge is 0.426 e. The van der Waals surface area contributed by atoms with Crippen LogP contribution in [0.25, 0.3) is 0 Å². The van der Waals surface area contributed by atoms with Crippen LogP contribution in [0.1, 0.15) is 80.9 Å². The number of aliphatic hydroxyl groups is 1. The number of nitrogens with zero attached hydrogens (tertiary/aromatic N) is 1. The number of aliphatic hydroxyl groups excluding tert-OH is 1. The summed E-state index contributed by atoms with van der Waals surface area (Å²) in [4.78, 5) is 27.5. The van der Waals surface area contributed by atoms with Crippen molar-refractivity contribution in [1.82, 2.24) is 4.90 Å². The van der Waals surface area contributed by atoms with Crippen molar-refractivity contribution in [3.8, 4) is 11.5 Å². The molecule has 0 bridgehead atoms. The molecule has 208 valence electrons. The molecule has 0 unspecified atom stereocenters. The van der Waals surface area contributed by atoms with Crippen LogP contribution < -0.4 is 9.47 Å². The fourth-order valence-corrected chi connectivity index (χ4v) is 4.69. The fraction of sp³-hybridized carbons (Fsp3) is 0.394. The highest BCUT2D eigenvalue weighted by atomic mass is 16.5. The van der Waals surface area contributed by atoms with Gasteiger partial charge in [-0.15, -0.1) is 0 Å². The van der Waals surface area contributed by atoms with Gasteiger partial charge in [0.05, 0.1) is 18.1 Å². The van der Waals surface area contributed by atoms with Gasteiger partial charge < -0.3 is 14.6 Å². The predicted octanol–water partition coefficient (Wildman–Crippen LogP) is 6.60. The van der Waals surface area contributed by atoms with Crippen molar-refractivity contribution in [3.63, 3.8) is 0 Å². The molecule has 0 amide bonds. The molecule has 0 aliphatic carbocycles. The van der Waals surface area contributed by atoms with E-state index in [1.54, 1.807) is 50.2 Å². The van der Waals surface area contributed by atoms with E-state index in [4.69, 9.17) is 9.47 Å². The molecule has 0 fully saturated rings. The van der Waals surface area contributed by atoms with Crippen molar-refractivity contribution in [3.05, 3.63) is 95.1 Å². The molecule has 3 rings (SSSR count). The van der Waals surface area contributed by atoms with Crippen molar-refractivity contribution < 1.29 is 24.2 Å². The Balaban J connectivity index is 1.92. The Morgan fingerprint density at radius 3 is 2.03 bits per heavy atom. The van der Waals surface area contributed by atoms with Crippen LogP contribution in [-0.4, -0.2) is 40.6 Å². The van der Waals surface area contributed by atoms with E-state index in [9.17, 15) is 14.7 Å². The number of rotatable bonds is 12. The van der Waals surface area contributed by atoms with Gasteiger partial charge in [-0.25, -0.2) is 4.79 Å². The average Bonchev–Trinajstić information content (AvgIpc) is 2.92. The fourth-order valence-electron chi connectivity index (χ4n) is 4.69. The van der Waals surface area contributed by atoms with Gasteiger partial charge in [0.15, 0.2) is 0 Å². The monoisotopic (exact) mass is 531 g/mol. The smallest absolute Gasteiger partial charge is 0.343 e. The maximum absolute atomic E-state index is 13.2. The second-order valence-corrected chi connectivity index (χ2v) is 10.7. The topological polar surface area (TPSA) is 76.1 Å². The first kappa shape index (κ1) is 30.1. The van der Waals surface area contributed by atoms with E-state index >= 15 is 0 Å². The van der Waals surface area contributed by atoms with Crippen LogP contribution in [-0.2, 0) is 11.4 Å². The lowest BCUT2D eigenvalue weighted by atomic mass is 9.86. The van der Waals surface area contributed by atoms with Crippen molar-refractivity contribution >= 4 is 11.9 Å². The highest BCUT2D eigenvalue weighted by Gasteiger charge is 2.24. The SMILES string of the molecule is CC(C)C(=O)Oc1ccc(C(=O)Oc2ccc(CO)cc2[C@H](CCN(C(C)C)C(C)C)c2ccccc2)cc1. The number of ether oxygens (including phenoxy) is 2. The normalized spacial score (nSPS) is 12.3. The molecule has 3 aromatic rings. The zero-order chi connectivity index (χ0) is 28.5. The van der Waals surface area contributed by atoms with Crippen LogP contribution in [0.2, 0.25) is 0 Å². The van der Waals surface area contributed by atoms with Crippen LogP contribution in [0.3, 0.4) is 0 Å². The van der Waals surface area contributed by atoms with Crippen molar-refractivity contribution in [2.75, 3.05) is 6.54 Å². The zero-order valence-corrected chi connectivity index (χ0v) is 23.9. The first-order valence-electron chi connectivity index (χ1n) is 13.7. The van der Waals surface area contributed by atoms with Gasteiger partial charge in [-0.2, -0.15) is 0 Å². The average molecular weight is 532 g/mol. The molecule has 0 aliphatic heterocycles. The third kappa shape index (κ3) is 8.25. The molecule has 0 radical (unpaired) electrons. The van der Waals surface area contributed by atoms with Gasteiger partial charge in [0.25, 0.3) is 0 Å². The molecule has 0 saturated heterocycles. The summed E-state index contributed by atoms with van der Waals surface area (Å²) in [5.41, 5.74) is 3.08. The first-order valence-corrected chi connectivity index (χ1v) is 13.7. The summed E-state index contributed by atoms with van der Waals surface area (Å²) in [5.74, 6) is -0.296. The minimum Gasteiger partial charge on any atom is -0.426 e. The van der Waals surface area contributed by atoms with Crippen LogP contribution in [0, 0.1) is 5.92 Å². The van der Waals surface area contributed by atoms with Crippen molar-refractivity contribution in [1.29, 1.82) is 0 Å². The molecule has 39 heavy (non-hydrogen) atoms. The van der Waals surface area contributed by atoms with E-state index in [2.05, 4.69) is 44.7 Å². The molecule has 1 N–H and O–H groups in total. The minimum absolute atomic E-state index is 0.0432. The summed E-state index contributed by atoms with van der Waals surface area (Å²) in [6, 6.07) is 22.8. The van der Waals surface area contributed by atoms with Gasteiger partial charge in [0, 0.05) is 23.6 Å². The number of hydrogen-bond acceptors (Lipinski definition) is 6. The molecule has 6 nitrogen and oxygen atoms in total. The second kappa shape index (κ2) is 14.1. The third-order valence-corrected chi connectivity index (χ3v) is 6.82. The van der Waals surface area contributed by atoms with Gasteiger partial charge in [-0.05, 0) is 88.2 Å². The van der Waals surface area contributed by atoms with Gasteiger partial charge in [0.1, 0.15) is 11.5 Å². The van der Waals surface area contributed by atoms with Gasteiger partial charge in [-0.3, -0.25) is 9.69 Å². The van der Waals surface area contributed by atoms with Gasteiger partial charge in [0.2, 0.25) is 0 Å². The highest BCUT2D eigenvalue weighted by Crippen LogP contribution is 2.36. The molecule has 3 aromatic carbocycles. The molecule has 6 heteroatoms. The summed E-state index contributed by atoms with van der Waals surface area (Å²) in [6.07, 6.45) is 0.815. The van der Waals surface area contributed by atoms with Gasteiger partial charge in [-0.1, -0.05) is 50.2 Å². The number of esters is 2. The summed E-state index contributed by atoms with van der Waals surface area (Å²) in [6.45, 7) is 13.1. The van der Waals surface area contributed by atoms with E-state index in [-0.39, 0.29) is 24.4 Å². The Morgan fingerprint density at radius 2 is 1.46 bits per heavy atom. The Hall–Kier alpha value is -3.48. The molecule has 1 atom stereocenters. The molecular weight excluding hydrogens is 490 g/mol. The van der Waals surface area contributed by atoms with E-state index in [0.717, 1.165) is 29.7 Å². The molecule has 0 heterocycles. The molecule has 0 aromatic heterocycles. The number of carbonyl (C=O) groups is 2. The Labute approximate surface area is 232 Å². The Kier molecular flexibility index (Phi) is 10.8. The predicted molar refractivity (Wildman–Crippen MR) is 154 cm³/mol. The second-order valence-electron chi connectivity index (χ2n) is 10.7. The standard InChI is InChI=1S/C33H41NO5/c1-22(2)32(36)38-28-15-13-27(14-16-28)33(37)39-31-17-12-25(21-35)20-30(31)29(26-10-8-7-9-11-26)18-19-34(23(3)4)24(5)6/h7-17,20,22-24,29,35H,18-19,21H2,1-6H3/t29-/m1/s1. The lowest BCUT2D eigenvalue weighted by Gasteiger charge is -2.32. The quantitative estimate of drug-likeness (QED) is 0.210. The third-order valence-electron chi connectivity index (χ3n) is 6.82. The highest BCUT2D eigenvalue weighted by molar-refractivity contribution is 5.91. The summed E-state index contributed by atoms with van der Waals surface area (Å²) >= 11 is 0.